The number of imide groups is 3. The number of aromatic nitrogens is 6. The van der Waals surface area contributed by atoms with E-state index < -0.39 is 32.5 Å². The molecule has 0 atom stereocenters. The normalized spacial score (nSPS) is 17.2. The summed E-state index contributed by atoms with van der Waals surface area (Å²) in [6.45, 7) is 35.3. The van der Waals surface area contributed by atoms with E-state index in [1.54, 1.807) is 146 Å². The van der Waals surface area contributed by atoms with Gasteiger partial charge in [0.2, 0.25) is 35.1 Å². The van der Waals surface area contributed by atoms with Gasteiger partial charge in [-0.3, -0.25) is 44.2 Å². The molecule has 6 aliphatic heterocycles. The Morgan fingerprint density at radius 3 is 1.13 bits per heavy atom. The molecular weight excluding hydrogens is 1800 g/mol. The molecule has 39 heteroatoms. The number of carbonyl (C=O) groups excluding carboxylic acids is 6. The van der Waals surface area contributed by atoms with Crippen molar-refractivity contribution in [1.82, 2.24) is 74.9 Å². The smallest absolute Gasteiger partial charge is 0.328 e. The van der Waals surface area contributed by atoms with E-state index in [9.17, 15) is 37.2 Å². The van der Waals surface area contributed by atoms with Gasteiger partial charge in [0.15, 0.2) is 9.84 Å². The van der Waals surface area contributed by atoms with E-state index in [0.29, 0.717) is 121 Å². The van der Waals surface area contributed by atoms with Crippen LogP contribution in [0.5, 0.6) is 34.5 Å². The van der Waals surface area contributed by atoms with E-state index in [-0.39, 0.29) is 99.4 Å². The zero-order valence-electron chi connectivity index (χ0n) is 74.3. The number of morpholine rings is 3. The van der Waals surface area contributed by atoms with E-state index >= 15 is 0 Å². The largest absolute Gasteiger partial charge is 0.455 e. The highest BCUT2D eigenvalue weighted by atomic mass is 35.5. The molecule has 0 radical (unpaired) electrons. The minimum absolute atomic E-state index is 0.0151. The van der Waals surface area contributed by atoms with Gasteiger partial charge in [0.25, 0.3) is 17.7 Å². The lowest BCUT2D eigenvalue weighted by Crippen LogP contribution is -2.48. The van der Waals surface area contributed by atoms with E-state index in [1.807, 2.05) is 62.4 Å². The second-order valence-electron chi connectivity index (χ2n) is 33.9. The molecule has 0 aliphatic carbocycles. The SMILES string of the molecule is CC(C)CS(=O)(=O)c1ccccc1Oc1ccc(-c2noc(CN3C(=O)N(CCN4CCOCC4)C(C)(C)C3=O)n2)cc1Cl.CC(C)CSc1ccccc1Oc1ccc(-c2noc(CCl)n2)cc1Cl.CC(C)CSc1ccccc1Oc1ccc(-c2noc(CN3C(=O)N(CCN4CCOCC4)C(C)(C)C3=O)n2)cc1Cl.CC1(C)C(=O)NC(=O)N1CCN1CCOCC1. The lowest BCUT2D eigenvalue weighted by Gasteiger charge is -2.32. The van der Waals surface area contributed by atoms with Crippen LogP contribution < -0.4 is 19.5 Å². The average Bonchev–Trinajstić information content (AvgIpc) is 1.61. The fraction of sp³-hybridized carbons (Fsp3) is 0.467. The van der Waals surface area contributed by atoms with Crippen LogP contribution in [0.1, 0.15) is 101 Å². The van der Waals surface area contributed by atoms with Gasteiger partial charge in [0, 0.05) is 107 Å². The molecule has 3 aromatic heterocycles. The third-order valence-electron chi connectivity index (χ3n) is 21.7. The zero-order valence-corrected chi connectivity index (χ0v) is 79.7. The van der Waals surface area contributed by atoms with Crippen LogP contribution in [0, 0.1) is 17.8 Å². The number of amides is 9. The lowest BCUT2D eigenvalue weighted by molar-refractivity contribution is -0.133. The number of thioether (sulfide) groups is 2. The number of ether oxygens (including phenoxy) is 6. The summed E-state index contributed by atoms with van der Waals surface area (Å²) in [5.41, 5.74) is -0.849. The molecule has 6 aromatic carbocycles. The number of nitrogens with one attached hydrogen (secondary N) is 1. The summed E-state index contributed by atoms with van der Waals surface area (Å²) in [6.07, 6.45) is 0. The Hall–Kier alpha value is -9.47. The van der Waals surface area contributed by atoms with Crippen LogP contribution in [0.2, 0.25) is 15.1 Å². The van der Waals surface area contributed by atoms with Gasteiger partial charge in [0.05, 0.1) is 70.3 Å². The maximum atomic E-state index is 13.3. The van der Waals surface area contributed by atoms with Crippen LogP contribution >= 0.6 is 69.9 Å². The van der Waals surface area contributed by atoms with E-state index in [1.165, 1.54) is 11.0 Å². The van der Waals surface area contributed by atoms with Crippen LogP contribution in [0.3, 0.4) is 0 Å². The van der Waals surface area contributed by atoms with Gasteiger partial charge in [-0.2, -0.15) is 15.0 Å². The molecule has 32 nitrogen and oxygen atoms in total. The molecule has 692 valence electrons. The zero-order chi connectivity index (χ0) is 92.5. The molecule has 129 heavy (non-hydrogen) atoms. The summed E-state index contributed by atoms with van der Waals surface area (Å²) in [4.78, 5) is 105. The maximum Gasteiger partial charge on any atom is 0.328 e. The predicted octanol–water partition coefficient (Wildman–Crippen LogP) is 16.6. The second kappa shape index (κ2) is 44.6. The van der Waals surface area contributed by atoms with Gasteiger partial charge in [-0.25, -0.2) is 22.8 Å². The predicted molar refractivity (Wildman–Crippen MR) is 491 cm³/mol. The van der Waals surface area contributed by atoms with Crippen LogP contribution in [0.25, 0.3) is 34.2 Å². The monoisotopic (exact) mass is 1910 g/mol. The summed E-state index contributed by atoms with van der Waals surface area (Å²) in [7, 11) is -3.57. The van der Waals surface area contributed by atoms with Crippen molar-refractivity contribution in [2.75, 3.05) is 135 Å². The van der Waals surface area contributed by atoms with Crippen molar-refractivity contribution in [3.8, 4) is 68.7 Å². The van der Waals surface area contributed by atoms with Gasteiger partial charge in [-0.1, -0.05) is 128 Å². The van der Waals surface area contributed by atoms with Gasteiger partial charge in [0.1, 0.15) is 75.0 Å². The number of rotatable bonds is 32. The van der Waals surface area contributed by atoms with Crippen LogP contribution in [-0.4, -0.2) is 266 Å². The minimum atomic E-state index is -3.57. The molecule has 0 spiro atoms. The number of hydrogen-bond acceptors (Lipinski definition) is 28. The van der Waals surface area contributed by atoms with E-state index in [4.69, 9.17) is 88.4 Å². The molecule has 6 aliphatic rings. The number of nitrogens with zero attached hydrogens (tertiary/aromatic N) is 14. The molecule has 0 unspecified atom stereocenters. The fourth-order valence-electron chi connectivity index (χ4n) is 14.4. The summed E-state index contributed by atoms with van der Waals surface area (Å²) >= 11 is 28.7. The highest BCUT2D eigenvalue weighted by molar-refractivity contribution is 7.99. The minimum Gasteiger partial charge on any atom is -0.455 e. The van der Waals surface area contributed by atoms with Crippen molar-refractivity contribution in [2.45, 2.75) is 133 Å². The molecule has 9 aromatic rings. The fourth-order valence-corrected chi connectivity index (χ4v) is 18.8. The first-order valence-corrected chi connectivity index (χ1v) is 47.9. The first-order chi connectivity index (χ1) is 61.6. The molecule has 0 saturated carbocycles. The Balaban J connectivity index is 0.000000164. The van der Waals surface area contributed by atoms with Crippen molar-refractivity contribution in [1.29, 1.82) is 0 Å². The quantitative estimate of drug-likeness (QED) is 0.0232. The third kappa shape index (κ3) is 25.4. The van der Waals surface area contributed by atoms with Crippen molar-refractivity contribution in [2.24, 2.45) is 17.8 Å². The Labute approximate surface area is 779 Å². The number of sulfone groups is 1. The number of benzene rings is 6. The Morgan fingerprint density at radius 1 is 0.434 bits per heavy atom. The van der Waals surface area contributed by atoms with Crippen molar-refractivity contribution in [3.63, 3.8) is 0 Å². The first-order valence-electron chi connectivity index (χ1n) is 42.6. The van der Waals surface area contributed by atoms with Crippen LogP contribution in [0.15, 0.2) is 156 Å². The topological polar surface area (TPSA) is 347 Å². The van der Waals surface area contributed by atoms with E-state index in [2.05, 4.69) is 84.2 Å². The van der Waals surface area contributed by atoms with Gasteiger partial charge in [-0.15, -0.1) is 35.1 Å². The molecule has 0 bridgehead atoms. The summed E-state index contributed by atoms with van der Waals surface area (Å²) < 4.78 is 75.9. The van der Waals surface area contributed by atoms with Gasteiger partial charge < -0.3 is 56.7 Å². The van der Waals surface area contributed by atoms with E-state index in [0.717, 1.165) is 102 Å². The molecular formula is C90H109Cl4N15O17S3. The van der Waals surface area contributed by atoms with Crippen molar-refractivity contribution < 1.29 is 79.2 Å². The molecule has 15 rings (SSSR count). The van der Waals surface area contributed by atoms with Gasteiger partial charge in [-0.05, 0) is 150 Å². The lowest BCUT2D eigenvalue weighted by atomic mass is 10.0. The van der Waals surface area contributed by atoms with Crippen molar-refractivity contribution >= 4 is 116 Å². The average molecular weight is 1910 g/mol. The van der Waals surface area contributed by atoms with Gasteiger partial charge >= 0.3 is 18.1 Å². The Morgan fingerprint density at radius 2 is 0.783 bits per heavy atom. The standard InChI is InChI=1S/C30H36ClN5O7S.C30H36ClN5O5S.C19H18Cl2N2O2S.C11H19N3O3/c1-20(2)19-44(39,40)25-8-6-5-7-24(25)42-23-10-9-21(17-22(23)31)27-32-26(43-33-27)18-35-28(37)30(3,4)36(29(35)38)12-11-34-13-15-41-16-14-34;1-20(2)19-42-25-8-6-5-7-24(25)40-23-10-9-21(17-22(23)31)27-32-26(41-33-27)18-35-28(37)30(3,4)36(29(35)38)12-11-34-13-15-39-16-14-34;1-12(2)11-26-17-6-4-3-5-16(17)24-15-8-7-13(9-14(15)21)19-22-18(10-20)25-23-19;1-11(2)9(15)12-10(16)14(11)4-3-13-5-7-17-8-6-13/h5-10,17,20H,11-16,18-19H2,1-4H3;5-10,17,20H,11-16,18-19H2,1-4H3;3-9,12H,10-11H2,1-2H3;3-8H2,1-2H3,(H,12,15,16). The summed E-state index contributed by atoms with van der Waals surface area (Å²) in [6, 6.07) is 36.7. The molecule has 9 amide bonds. The second-order valence-corrected chi connectivity index (χ2v) is 39.6. The molecule has 9 heterocycles. The maximum absolute atomic E-state index is 13.3. The molecule has 6 saturated heterocycles. The number of hydrogen-bond donors (Lipinski definition) is 1. The Kier molecular flexibility index (Phi) is 34.1. The number of urea groups is 3. The number of carbonyl (C=O) groups is 6. The number of para-hydroxylation sites is 3. The Bertz CT molecular complexity index is 5510. The third-order valence-corrected chi connectivity index (χ3v) is 27.8. The summed E-state index contributed by atoms with van der Waals surface area (Å²) in [5, 5.41) is 15.4. The first kappa shape index (κ1) is 98.6. The number of alkyl halides is 1. The molecule has 6 fully saturated rings. The number of halogens is 4. The van der Waals surface area contributed by atoms with Crippen LogP contribution in [0.4, 0.5) is 14.4 Å². The summed E-state index contributed by atoms with van der Waals surface area (Å²) in [5.74, 6) is 7.00. The highest BCUT2D eigenvalue weighted by Crippen LogP contribution is 2.42. The highest BCUT2D eigenvalue weighted by Gasteiger charge is 2.53. The van der Waals surface area contributed by atoms with Crippen LogP contribution in [-0.2, 0) is 57.4 Å². The van der Waals surface area contributed by atoms with Crippen molar-refractivity contribution in [3.05, 3.63) is 160 Å². The molecule has 1 N–H and O–H groups in total.